The first kappa shape index (κ1) is 14.2. The molecule has 2 heterocycles. The minimum Gasteiger partial charge on any atom is -0.359 e. The number of sulfonamides is 1. The summed E-state index contributed by atoms with van der Waals surface area (Å²) in [7, 11) is -3.41. The van der Waals surface area contributed by atoms with Gasteiger partial charge in [0, 0.05) is 24.5 Å². The molecule has 0 amide bonds. The second-order valence-corrected chi connectivity index (χ2v) is 6.80. The number of anilines is 1. The Morgan fingerprint density at radius 1 is 1.53 bits per heavy atom. The molecule has 0 atom stereocenters. The van der Waals surface area contributed by atoms with E-state index < -0.39 is 10.0 Å². The van der Waals surface area contributed by atoms with Gasteiger partial charge in [-0.3, -0.25) is 0 Å². The Morgan fingerprint density at radius 3 is 2.79 bits per heavy atom. The van der Waals surface area contributed by atoms with Gasteiger partial charge in [-0.25, -0.2) is 13.4 Å². The fourth-order valence-electron chi connectivity index (χ4n) is 1.62. The molecule has 1 aromatic heterocycles. The Kier molecular flexibility index (Phi) is 4.34. The summed E-state index contributed by atoms with van der Waals surface area (Å²) in [5.74, 6) is 6.21. The third-order valence-electron chi connectivity index (χ3n) is 2.74. The van der Waals surface area contributed by atoms with Gasteiger partial charge in [-0.1, -0.05) is 5.92 Å². The molecule has 1 aliphatic heterocycles. The molecule has 0 unspecified atom stereocenters. The number of rotatable bonds is 4. The summed E-state index contributed by atoms with van der Waals surface area (Å²) < 4.78 is 25.7. The lowest BCUT2D eigenvalue weighted by atomic mass is 10.3. The number of hydrogen-bond acceptors (Lipinski definition) is 5. The number of pyridine rings is 1. The molecule has 102 valence electrons. The minimum absolute atomic E-state index is 0.135. The molecule has 0 spiro atoms. The molecule has 1 saturated heterocycles. The highest BCUT2D eigenvalue weighted by Gasteiger charge is 2.34. The summed E-state index contributed by atoms with van der Waals surface area (Å²) in [6, 6.07) is 3.19. The van der Waals surface area contributed by atoms with Crippen LogP contribution in [0.2, 0.25) is 0 Å². The summed E-state index contributed by atoms with van der Waals surface area (Å²) in [6.07, 6.45) is 1.36. The SMILES string of the molecule is CC#CCNc1ccc(S(=O)(=O)N2CC(S)C2)cn1. The van der Waals surface area contributed by atoms with Crippen LogP contribution in [-0.2, 0) is 10.0 Å². The Bertz CT molecular complexity index is 596. The molecule has 0 saturated carbocycles. The highest BCUT2D eigenvalue weighted by molar-refractivity contribution is 7.89. The maximum Gasteiger partial charge on any atom is 0.244 e. The predicted molar refractivity (Wildman–Crippen MR) is 77.7 cm³/mol. The van der Waals surface area contributed by atoms with Crippen molar-refractivity contribution in [2.24, 2.45) is 0 Å². The van der Waals surface area contributed by atoms with Crippen molar-refractivity contribution in [3.8, 4) is 11.8 Å². The van der Waals surface area contributed by atoms with Gasteiger partial charge in [0.25, 0.3) is 0 Å². The van der Waals surface area contributed by atoms with Crippen LogP contribution in [0.5, 0.6) is 0 Å². The van der Waals surface area contributed by atoms with Gasteiger partial charge in [-0.15, -0.1) is 5.92 Å². The first-order chi connectivity index (χ1) is 9.04. The summed E-state index contributed by atoms with van der Waals surface area (Å²) >= 11 is 4.21. The third-order valence-corrected chi connectivity index (χ3v) is 4.88. The Balaban J connectivity index is 2.07. The van der Waals surface area contributed by atoms with Gasteiger partial charge in [0.1, 0.15) is 10.7 Å². The maximum atomic E-state index is 12.1. The Hall–Kier alpha value is -1.23. The van der Waals surface area contributed by atoms with E-state index in [9.17, 15) is 8.42 Å². The van der Waals surface area contributed by atoms with Crippen LogP contribution in [0.25, 0.3) is 0 Å². The van der Waals surface area contributed by atoms with Crippen LogP contribution in [0.4, 0.5) is 5.82 Å². The molecule has 1 fully saturated rings. The number of hydrogen-bond donors (Lipinski definition) is 2. The van der Waals surface area contributed by atoms with Crippen molar-refractivity contribution in [2.45, 2.75) is 17.1 Å². The second-order valence-electron chi connectivity index (χ2n) is 4.14. The molecule has 0 bridgehead atoms. The van der Waals surface area contributed by atoms with Gasteiger partial charge >= 0.3 is 0 Å². The molecule has 0 aliphatic carbocycles. The van der Waals surface area contributed by atoms with Gasteiger partial charge in [-0.05, 0) is 19.1 Å². The molecule has 2 rings (SSSR count). The van der Waals surface area contributed by atoms with Gasteiger partial charge in [0.15, 0.2) is 0 Å². The van der Waals surface area contributed by atoms with Crippen molar-refractivity contribution >= 4 is 28.5 Å². The molecule has 5 nitrogen and oxygen atoms in total. The van der Waals surface area contributed by atoms with Crippen molar-refractivity contribution in [3.05, 3.63) is 18.3 Å². The van der Waals surface area contributed by atoms with Gasteiger partial charge in [0.05, 0.1) is 6.54 Å². The van der Waals surface area contributed by atoms with E-state index in [0.717, 1.165) is 0 Å². The van der Waals surface area contributed by atoms with Crippen LogP contribution < -0.4 is 5.32 Å². The quantitative estimate of drug-likeness (QED) is 0.638. The molecule has 0 aromatic carbocycles. The van der Waals surface area contributed by atoms with E-state index in [2.05, 4.69) is 34.8 Å². The summed E-state index contributed by atoms with van der Waals surface area (Å²) in [4.78, 5) is 4.28. The van der Waals surface area contributed by atoms with E-state index in [1.807, 2.05) is 0 Å². The fourth-order valence-corrected chi connectivity index (χ4v) is 3.71. The van der Waals surface area contributed by atoms with Crippen molar-refractivity contribution in [1.29, 1.82) is 0 Å². The molecule has 1 N–H and O–H groups in total. The molecule has 1 aliphatic rings. The van der Waals surface area contributed by atoms with Crippen LogP contribution in [-0.4, -0.2) is 42.6 Å². The lowest BCUT2D eigenvalue weighted by Crippen LogP contribution is -2.50. The molecule has 0 radical (unpaired) electrons. The maximum absolute atomic E-state index is 12.1. The van der Waals surface area contributed by atoms with Crippen LogP contribution in [0.3, 0.4) is 0 Å². The van der Waals surface area contributed by atoms with Gasteiger partial charge in [-0.2, -0.15) is 16.9 Å². The van der Waals surface area contributed by atoms with E-state index in [0.29, 0.717) is 25.5 Å². The lowest BCUT2D eigenvalue weighted by molar-refractivity contribution is 0.321. The smallest absolute Gasteiger partial charge is 0.244 e. The van der Waals surface area contributed by atoms with Gasteiger partial charge in [0.2, 0.25) is 10.0 Å². The van der Waals surface area contributed by atoms with E-state index in [1.165, 1.54) is 10.5 Å². The average Bonchev–Trinajstić information content (AvgIpc) is 2.36. The van der Waals surface area contributed by atoms with Gasteiger partial charge < -0.3 is 5.32 Å². The van der Waals surface area contributed by atoms with E-state index in [-0.39, 0.29) is 10.1 Å². The van der Waals surface area contributed by atoms with E-state index in [4.69, 9.17) is 0 Å². The number of nitrogens with zero attached hydrogens (tertiary/aromatic N) is 2. The average molecular weight is 297 g/mol. The zero-order chi connectivity index (χ0) is 13.9. The second kappa shape index (κ2) is 5.82. The number of nitrogens with one attached hydrogen (secondary N) is 1. The standard InChI is InChI=1S/C12H15N3O2S2/c1-2-3-6-13-12-5-4-11(7-14-12)19(16,17)15-8-10(18)9-15/h4-5,7,10,18H,6,8-9H2,1H3,(H,13,14). The monoisotopic (exact) mass is 297 g/mol. The molecule has 7 heteroatoms. The first-order valence-corrected chi connectivity index (χ1v) is 7.77. The van der Waals surface area contributed by atoms with Crippen molar-refractivity contribution in [3.63, 3.8) is 0 Å². The summed E-state index contributed by atoms with van der Waals surface area (Å²) in [6.45, 7) is 3.16. The van der Waals surface area contributed by atoms with Crippen LogP contribution >= 0.6 is 12.6 Å². The zero-order valence-electron chi connectivity index (χ0n) is 10.5. The topological polar surface area (TPSA) is 62.3 Å². The largest absolute Gasteiger partial charge is 0.359 e. The van der Waals surface area contributed by atoms with Crippen molar-refractivity contribution in [1.82, 2.24) is 9.29 Å². The van der Waals surface area contributed by atoms with Crippen LogP contribution in [0.1, 0.15) is 6.92 Å². The predicted octanol–water partition coefficient (Wildman–Crippen LogP) is 0.819. The van der Waals surface area contributed by atoms with Crippen LogP contribution in [0, 0.1) is 11.8 Å². The van der Waals surface area contributed by atoms with E-state index >= 15 is 0 Å². The number of aromatic nitrogens is 1. The van der Waals surface area contributed by atoms with Crippen molar-refractivity contribution in [2.75, 3.05) is 25.0 Å². The molecule has 19 heavy (non-hydrogen) atoms. The molecule has 1 aromatic rings. The fraction of sp³-hybridized carbons (Fsp3) is 0.417. The Morgan fingerprint density at radius 2 is 2.26 bits per heavy atom. The van der Waals surface area contributed by atoms with Crippen molar-refractivity contribution < 1.29 is 8.42 Å². The Labute approximate surface area is 118 Å². The highest BCUT2D eigenvalue weighted by atomic mass is 32.2. The normalized spacial score (nSPS) is 16.3. The minimum atomic E-state index is -3.41. The van der Waals surface area contributed by atoms with E-state index in [1.54, 1.807) is 19.1 Å². The first-order valence-electron chi connectivity index (χ1n) is 5.82. The lowest BCUT2D eigenvalue weighted by Gasteiger charge is -2.34. The highest BCUT2D eigenvalue weighted by Crippen LogP contribution is 2.23. The molecular formula is C12H15N3O2S2. The summed E-state index contributed by atoms with van der Waals surface area (Å²) in [5, 5.41) is 3.12. The number of thiol groups is 1. The molecular weight excluding hydrogens is 282 g/mol. The van der Waals surface area contributed by atoms with Crippen LogP contribution in [0.15, 0.2) is 23.2 Å². The summed E-state index contributed by atoms with van der Waals surface area (Å²) in [5.41, 5.74) is 0. The third kappa shape index (κ3) is 3.21. The zero-order valence-corrected chi connectivity index (χ0v) is 12.2.